The number of nitrogens with zero attached hydrogens (tertiary/aromatic N) is 2. The molecule has 6 nitrogen and oxygen atoms in total. The second-order valence-electron chi connectivity index (χ2n) is 9.78. The molecule has 0 bridgehead atoms. The van der Waals surface area contributed by atoms with Crippen LogP contribution in [0.1, 0.15) is 62.0 Å². The van der Waals surface area contributed by atoms with Crippen LogP contribution < -0.4 is 15.0 Å². The molecule has 5 rings (SSSR count). The highest BCUT2D eigenvalue weighted by atomic mass is 16.5. The summed E-state index contributed by atoms with van der Waals surface area (Å²) in [4.78, 5) is 29.6. The Labute approximate surface area is 200 Å². The van der Waals surface area contributed by atoms with E-state index in [4.69, 9.17) is 4.74 Å². The summed E-state index contributed by atoms with van der Waals surface area (Å²) in [6.45, 7) is 4.38. The van der Waals surface area contributed by atoms with E-state index >= 15 is 0 Å². The third-order valence-corrected chi connectivity index (χ3v) is 7.53. The number of hydrogen-bond acceptors (Lipinski definition) is 3. The molecule has 1 fully saturated rings. The fourth-order valence-electron chi connectivity index (χ4n) is 5.47. The van der Waals surface area contributed by atoms with Crippen molar-refractivity contribution >= 4 is 28.4 Å². The Morgan fingerprint density at radius 1 is 1.09 bits per heavy atom. The van der Waals surface area contributed by atoms with Gasteiger partial charge in [-0.3, -0.25) is 14.5 Å². The Morgan fingerprint density at radius 3 is 2.50 bits per heavy atom. The van der Waals surface area contributed by atoms with Gasteiger partial charge in [-0.05, 0) is 62.1 Å². The van der Waals surface area contributed by atoms with Crippen LogP contribution in [-0.4, -0.2) is 35.1 Å². The van der Waals surface area contributed by atoms with Crippen molar-refractivity contribution in [1.82, 2.24) is 9.88 Å². The number of aromatic nitrogens is 1. The molecule has 178 valence electrons. The first-order valence-electron chi connectivity index (χ1n) is 12.4. The van der Waals surface area contributed by atoms with E-state index in [9.17, 15) is 9.59 Å². The Hall–Kier alpha value is -3.28. The Morgan fingerprint density at radius 2 is 1.82 bits per heavy atom. The Bertz CT molecular complexity index is 1220. The number of fused-ring (bicyclic) bond motifs is 3. The SMILES string of the molecule is CCc1ccc(N2C(=O)c3cc4ccc(OC)cc4n3C[C@]2(C)C(=O)NC2CCCCC2)cc1. The molecule has 1 aliphatic carbocycles. The molecule has 3 aromatic rings. The molecule has 1 aliphatic heterocycles. The maximum absolute atomic E-state index is 14.0. The van der Waals surface area contributed by atoms with Crippen molar-refractivity contribution in [2.24, 2.45) is 0 Å². The molecule has 2 amide bonds. The van der Waals surface area contributed by atoms with Crippen LogP contribution in [0.3, 0.4) is 0 Å². The number of anilines is 1. The van der Waals surface area contributed by atoms with Crippen LogP contribution in [0.4, 0.5) is 5.69 Å². The van der Waals surface area contributed by atoms with Crippen molar-refractivity contribution in [2.45, 2.75) is 70.5 Å². The van der Waals surface area contributed by atoms with E-state index in [1.807, 2.05) is 60.0 Å². The van der Waals surface area contributed by atoms with Gasteiger partial charge in [-0.1, -0.05) is 38.3 Å². The van der Waals surface area contributed by atoms with E-state index in [1.165, 1.54) is 12.0 Å². The van der Waals surface area contributed by atoms with Crippen LogP contribution in [0.25, 0.3) is 10.9 Å². The number of benzene rings is 2. The number of hydrogen-bond donors (Lipinski definition) is 1. The number of rotatable bonds is 5. The quantitative estimate of drug-likeness (QED) is 0.579. The molecule has 6 heteroatoms. The number of aryl methyl sites for hydroxylation is 1. The summed E-state index contributed by atoms with van der Waals surface area (Å²) in [5.41, 5.74) is 2.37. The smallest absolute Gasteiger partial charge is 0.275 e. The first-order valence-corrected chi connectivity index (χ1v) is 12.4. The van der Waals surface area contributed by atoms with Gasteiger partial charge >= 0.3 is 0 Å². The summed E-state index contributed by atoms with van der Waals surface area (Å²) >= 11 is 0. The monoisotopic (exact) mass is 459 g/mol. The lowest BCUT2D eigenvalue weighted by atomic mass is 9.91. The van der Waals surface area contributed by atoms with Crippen molar-refractivity contribution in [2.75, 3.05) is 12.0 Å². The predicted octanol–water partition coefficient (Wildman–Crippen LogP) is 5.08. The maximum Gasteiger partial charge on any atom is 0.275 e. The lowest BCUT2D eigenvalue weighted by molar-refractivity contribution is -0.127. The largest absolute Gasteiger partial charge is 0.497 e. The van der Waals surface area contributed by atoms with Gasteiger partial charge in [-0.25, -0.2) is 0 Å². The number of ether oxygens (including phenoxy) is 1. The third-order valence-electron chi connectivity index (χ3n) is 7.53. The second kappa shape index (κ2) is 8.82. The van der Waals surface area contributed by atoms with Crippen molar-refractivity contribution in [3.8, 4) is 5.75 Å². The fourth-order valence-corrected chi connectivity index (χ4v) is 5.47. The summed E-state index contributed by atoms with van der Waals surface area (Å²) in [6.07, 6.45) is 6.40. The summed E-state index contributed by atoms with van der Waals surface area (Å²) in [5.74, 6) is 0.474. The molecule has 2 heterocycles. The van der Waals surface area contributed by atoms with E-state index in [1.54, 1.807) is 12.0 Å². The average Bonchev–Trinajstić information content (AvgIpc) is 3.22. The first kappa shape index (κ1) is 22.5. The molecular formula is C28H33N3O3. The fraction of sp³-hybridized carbons (Fsp3) is 0.429. The maximum atomic E-state index is 14.0. The summed E-state index contributed by atoms with van der Waals surface area (Å²) < 4.78 is 7.42. The average molecular weight is 460 g/mol. The first-order chi connectivity index (χ1) is 16.4. The minimum absolute atomic E-state index is 0.0947. The molecule has 0 saturated heterocycles. The Balaban J connectivity index is 1.61. The van der Waals surface area contributed by atoms with E-state index in [0.717, 1.165) is 54.4 Å². The zero-order chi connectivity index (χ0) is 23.9. The molecule has 1 atom stereocenters. The summed E-state index contributed by atoms with van der Waals surface area (Å²) in [5, 5.41) is 4.26. The molecule has 1 saturated carbocycles. The minimum atomic E-state index is -1.07. The van der Waals surface area contributed by atoms with E-state index in [0.29, 0.717) is 12.2 Å². The van der Waals surface area contributed by atoms with Gasteiger partial charge in [0.2, 0.25) is 5.91 Å². The number of amides is 2. The topological polar surface area (TPSA) is 63.6 Å². The minimum Gasteiger partial charge on any atom is -0.497 e. The molecular weight excluding hydrogens is 426 g/mol. The van der Waals surface area contributed by atoms with Crippen LogP contribution in [0, 0.1) is 0 Å². The molecule has 1 N–H and O–H groups in total. The predicted molar refractivity (Wildman–Crippen MR) is 135 cm³/mol. The molecule has 0 radical (unpaired) electrons. The molecule has 0 unspecified atom stereocenters. The van der Waals surface area contributed by atoms with Gasteiger partial charge in [0, 0.05) is 23.2 Å². The lowest BCUT2D eigenvalue weighted by Gasteiger charge is -2.44. The molecule has 34 heavy (non-hydrogen) atoms. The van der Waals surface area contributed by atoms with Gasteiger partial charge < -0.3 is 14.6 Å². The van der Waals surface area contributed by atoms with Crippen molar-refractivity contribution in [3.63, 3.8) is 0 Å². The van der Waals surface area contributed by atoms with Crippen molar-refractivity contribution in [3.05, 3.63) is 59.8 Å². The standard InChI is InChI=1S/C28H33N3O3/c1-4-19-10-13-22(14-11-19)31-26(32)25-16-20-12-15-23(34-3)17-24(20)30(25)18-28(31,2)27(33)29-21-8-6-5-7-9-21/h10-17,21H,4-9,18H2,1-3H3,(H,29,33)/t28-/m1/s1. The molecule has 1 aromatic heterocycles. The van der Waals surface area contributed by atoms with Crippen molar-refractivity contribution in [1.29, 1.82) is 0 Å². The highest BCUT2D eigenvalue weighted by Crippen LogP contribution is 2.37. The number of carbonyl (C=O) groups excluding carboxylic acids is 2. The van der Waals surface area contributed by atoms with E-state index in [2.05, 4.69) is 12.2 Å². The molecule has 2 aliphatic rings. The van der Waals surface area contributed by atoms with E-state index in [-0.39, 0.29) is 17.9 Å². The van der Waals surface area contributed by atoms with Gasteiger partial charge in [0.25, 0.3) is 5.91 Å². The van der Waals surface area contributed by atoms with Gasteiger partial charge in [-0.2, -0.15) is 0 Å². The van der Waals surface area contributed by atoms with Crippen molar-refractivity contribution < 1.29 is 14.3 Å². The number of nitrogens with one attached hydrogen (secondary N) is 1. The Kier molecular flexibility index (Phi) is 5.84. The lowest BCUT2D eigenvalue weighted by Crippen LogP contribution is -2.65. The summed E-state index contributed by atoms with van der Waals surface area (Å²) in [6, 6.07) is 15.9. The van der Waals surface area contributed by atoms with Crippen LogP contribution >= 0.6 is 0 Å². The van der Waals surface area contributed by atoms with Gasteiger partial charge in [0.15, 0.2) is 0 Å². The van der Waals surface area contributed by atoms with Crippen LogP contribution in [0.2, 0.25) is 0 Å². The van der Waals surface area contributed by atoms with Gasteiger partial charge in [0.05, 0.1) is 19.2 Å². The van der Waals surface area contributed by atoms with Gasteiger partial charge in [-0.15, -0.1) is 0 Å². The zero-order valence-corrected chi connectivity index (χ0v) is 20.3. The number of carbonyl (C=O) groups is 2. The highest BCUT2D eigenvalue weighted by Gasteiger charge is 2.49. The van der Waals surface area contributed by atoms with Crippen LogP contribution in [-0.2, 0) is 17.8 Å². The summed E-state index contributed by atoms with van der Waals surface area (Å²) in [7, 11) is 1.63. The van der Waals surface area contributed by atoms with Gasteiger partial charge in [0.1, 0.15) is 17.0 Å². The van der Waals surface area contributed by atoms with E-state index < -0.39 is 5.54 Å². The highest BCUT2D eigenvalue weighted by molar-refractivity contribution is 6.14. The molecule has 2 aromatic carbocycles. The number of methoxy groups -OCH3 is 1. The molecule has 0 spiro atoms. The third kappa shape index (κ3) is 3.75. The normalized spacial score (nSPS) is 20.9. The zero-order valence-electron chi connectivity index (χ0n) is 20.3. The second-order valence-corrected chi connectivity index (χ2v) is 9.78. The van der Waals surface area contributed by atoms with Crippen LogP contribution in [0.5, 0.6) is 5.75 Å². The van der Waals surface area contributed by atoms with Crippen LogP contribution in [0.15, 0.2) is 48.5 Å².